The van der Waals surface area contributed by atoms with Crippen molar-refractivity contribution >= 4 is 15.9 Å². The zero-order chi connectivity index (χ0) is 17.9. The molecule has 2 aromatic carbocycles. The van der Waals surface area contributed by atoms with Gasteiger partial charge in [0, 0.05) is 6.54 Å². The minimum atomic E-state index is -3.60. The molecule has 2 atom stereocenters. The molecule has 2 unspecified atom stereocenters. The number of nitrogens with zero attached hydrogens (tertiary/aromatic N) is 1. The number of hydrogen-bond acceptors (Lipinski definition) is 3. The van der Waals surface area contributed by atoms with E-state index in [0.29, 0.717) is 25.8 Å². The van der Waals surface area contributed by atoms with Crippen LogP contribution >= 0.6 is 0 Å². The van der Waals surface area contributed by atoms with E-state index < -0.39 is 27.2 Å². The second kappa shape index (κ2) is 7.27. The first-order valence-electron chi connectivity index (χ1n) is 8.32. The maximum absolute atomic E-state index is 13.1. The summed E-state index contributed by atoms with van der Waals surface area (Å²) >= 11 is 0. The van der Waals surface area contributed by atoms with E-state index in [1.165, 1.54) is 4.90 Å². The Hall–Kier alpha value is -2.34. The first-order valence-corrected chi connectivity index (χ1v) is 9.87. The van der Waals surface area contributed by atoms with Gasteiger partial charge in [-0.3, -0.25) is 0 Å². The summed E-state index contributed by atoms with van der Waals surface area (Å²) in [6, 6.07) is 17.2. The van der Waals surface area contributed by atoms with Crippen LogP contribution in [0.5, 0.6) is 0 Å². The molecule has 0 aromatic heterocycles. The quantitative estimate of drug-likeness (QED) is 0.909. The van der Waals surface area contributed by atoms with Gasteiger partial charge in [0.05, 0.1) is 16.2 Å². The van der Waals surface area contributed by atoms with Crippen molar-refractivity contribution in [2.75, 3.05) is 6.54 Å². The van der Waals surface area contributed by atoms with Crippen LogP contribution in [0.4, 0.5) is 4.79 Å². The van der Waals surface area contributed by atoms with Crippen LogP contribution in [-0.2, 0) is 16.3 Å². The van der Waals surface area contributed by atoms with Crippen molar-refractivity contribution in [3.8, 4) is 0 Å². The Morgan fingerprint density at radius 1 is 1.04 bits per heavy atom. The van der Waals surface area contributed by atoms with Gasteiger partial charge in [-0.2, -0.15) is 0 Å². The van der Waals surface area contributed by atoms with Crippen LogP contribution in [-0.4, -0.2) is 42.4 Å². The molecule has 5 nitrogen and oxygen atoms in total. The summed E-state index contributed by atoms with van der Waals surface area (Å²) in [7, 11) is -3.60. The molecular weight excluding hydrogens is 338 g/mol. The first kappa shape index (κ1) is 17.5. The highest BCUT2D eigenvalue weighted by Gasteiger charge is 2.42. The van der Waals surface area contributed by atoms with Gasteiger partial charge in [-0.15, -0.1) is 0 Å². The van der Waals surface area contributed by atoms with Crippen molar-refractivity contribution in [1.82, 2.24) is 4.90 Å². The Morgan fingerprint density at radius 3 is 2.24 bits per heavy atom. The Morgan fingerprint density at radius 2 is 1.64 bits per heavy atom. The summed E-state index contributed by atoms with van der Waals surface area (Å²) in [5, 5.41) is 8.84. The Labute approximate surface area is 147 Å². The van der Waals surface area contributed by atoms with Crippen LogP contribution in [0.1, 0.15) is 18.4 Å². The monoisotopic (exact) mass is 359 g/mol. The summed E-state index contributed by atoms with van der Waals surface area (Å²) in [4.78, 5) is 13.2. The number of amides is 1. The molecule has 0 bridgehead atoms. The highest BCUT2D eigenvalue weighted by molar-refractivity contribution is 7.92. The van der Waals surface area contributed by atoms with Gasteiger partial charge in [0.1, 0.15) is 0 Å². The molecular formula is C19H21NO4S. The molecule has 1 N–H and O–H groups in total. The number of benzene rings is 2. The smallest absolute Gasteiger partial charge is 0.407 e. The molecule has 25 heavy (non-hydrogen) atoms. The van der Waals surface area contributed by atoms with Gasteiger partial charge in [-0.05, 0) is 37.0 Å². The van der Waals surface area contributed by atoms with E-state index in [2.05, 4.69) is 0 Å². The molecule has 0 aliphatic carbocycles. The molecule has 3 rings (SSSR count). The second-order valence-corrected chi connectivity index (χ2v) is 8.44. The molecule has 0 radical (unpaired) electrons. The average molecular weight is 359 g/mol. The lowest BCUT2D eigenvalue weighted by Crippen LogP contribution is -2.54. The topological polar surface area (TPSA) is 74.7 Å². The van der Waals surface area contributed by atoms with Crippen LogP contribution in [0, 0.1) is 0 Å². The summed E-state index contributed by atoms with van der Waals surface area (Å²) in [5.74, 6) is 0. The number of likely N-dealkylation sites (tertiary alicyclic amines) is 1. The summed E-state index contributed by atoms with van der Waals surface area (Å²) in [5.41, 5.74) is 0.939. The van der Waals surface area contributed by atoms with Crippen molar-refractivity contribution in [1.29, 1.82) is 0 Å². The largest absolute Gasteiger partial charge is 0.465 e. The molecule has 132 valence electrons. The molecule has 0 spiro atoms. The lowest BCUT2D eigenvalue weighted by molar-refractivity contribution is 0.108. The van der Waals surface area contributed by atoms with E-state index >= 15 is 0 Å². The van der Waals surface area contributed by atoms with Crippen LogP contribution in [0.3, 0.4) is 0 Å². The fourth-order valence-corrected chi connectivity index (χ4v) is 5.52. The van der Waals surface area contributed by atoms with Gasteiger partial charge in [0.15, 0.2) is 9.84 Å². The molecule has 6 heteroatoms. The fraction of sp³-hybridized carbons (Fsp3) is 0.316. The van der Waals surface area contributed by atoms with Crippen LogP contribution in [0.2, 0.25) is 0 Å². The average Bonchev–Trinajstić information content (AvgIpc) is 2.63. The maximum atomic E-state index is 13.1. The molecule has 1 amide bonds. The van der Waals surface area contributed by atoms with Crippen molar-refractivity contribution in [2.45, 2.75) is 35.4 Å². The van der Waals surface area contributed by atoms with Gasteiger partial charge in [0.2, 0.25) is 0 Å². The third kappa shape index (κ3) is 3.69. The van der Waals surface area contributed by atoms with Crippen molar-refractivity contribution in [2.24, 2.45) is 0 Å². The van der Waals surface area contributed by atoms with E-state index in [4.69, 9.17) is 0 Å². The molecule has 1 saturated heterocycles. The van der Waals surface area contributed by atoms with E-state index in [1.807, 2.05) is 30.3 Å². The number of hydrogen-bond donors (Lipinski definition) is 1. The van der Waals surface area contributed by atoms with E-state index in [0.717, 1.165) is 5.56 Å². The Kier molecular flexibility index (Phi) is 5.08. The van der Waals surface area contributed by atoms with Gasteiger partial charge < -0.3 is 10.0 Å². The summed E-state index contributed by atoms with van der Waals surface area (Å²) in [6.07, 6.45) is 0.352. The third-order valence-electron chi connectivity index (χ3n) is 4.72. The van der Waals surface area contributed by atoms with Crippen LogP contribution in [0.25, 0.3) is 0 Å². The second-order valence-electron chi connectivity index (χ2n) is 6.27. The van der Waals surface area contributed by atoms with E-state index in [1.54, 1.807) is 30.3 Å². The summed E-state index contributed by atoms with van der Waals surface area (Å²) < 4.78 is 26.3. The lowest BCUT2D eigenvalue weighted by Gasteiger charge is -2.39. The number of rotatable bonds is 4. The van der Waals surface area contributed by atoms with Gasteiger partial charge in [0.25, 0.3) is 0 Å². The van der Waals surface area contributed by atoms with Crippen molar-refractivity contribution in [3.63, 3.8) is 0 Å². The number of carbonyl (C=O) groups is 1. The molecule has 0 saturated carbocycles. The zero-order valence-corrected chi connectivity index (χ0v) is 14.6. The maximum Gasteiger partial charge on any atom is 0.407 e. The van der Waals surface area contributed by atoms with Crippen LogP contribution < -0.4 is 0 Å². The third-order valence-corrected chi connectivity index (χ3v) is 7.00. The number of carboxylic acid groups (broad SMARTS) is 1. The lowest BCUT2D eigenvalue weighted by atomic mass is 9.95. The van der Waals surface area contributed by atoms with Crippen molar-refractivity contribution in [3.05, 3.63) is 66.2 Å². The van der Waals surface area contributed by atoms with Gasteiger partial charge in [-0.25, -0.2) is 13.2 Å². The highest BCUT2D eigenvalue weighted by Crippen LogP contribution is 2.30. The van der Waals surface area contributed by atoms with Crippen molar-refractivity contribution < 1.29 is 18.3 Å². The van der Waals surface area contributed by atoms with E-state index in [-0.39, 0.29) is 4.90 Å². The Balaban J connectivity index is 1.98. The SMILES string of the molecule is O=C(O)N1CCCC(S(=O)(=O)c2ccccc2)C1Cc1ccccc1. The molecule has 2 aromatic rings. The Bertz CT molecular complexity index is 821. The first-order chi connectivity index (χ1) is 12.0. The van der Waals surface area contributed by atoms with Crippen LogP contribution in [0.15, 0.2) is 65.6 Å². The number of sulfone groups is 1. The minimum Gasteiger partial charge on any atom is -0.465 e. The normalized spacial score (nSPS) is 21.0. The molecule has 1 fully saturated rings. The summed E-state index contributed by atoms with van der Waals surface area (Å²) in [6.45, 7) is 0.369. The molecule has 1 aliphatic rings. The molecule has 1 aliphatic heterocycles. The van der Waals surface area contributed by atoms with E-state index in [9.17, 15) is 18.3 Å². The van der Waals surface area contributed by atoms with Gasteiger partial charge >= 0.3 is 6.09 Å². The predicted molar refractivity (Wildman–Crippen MR) is 95.3 cm³/mol. The standard InChI is InChI=1S/C19H21NO4S/c21-19(22)20-13-7-12-18(17(20)14-15-8-3-1-4-9-15)25(23,24)16-10-5-2-6-11-16/h1-6,8-11,17-18H,7,12-14H2,(H,21,22). The van der Waals surface area contributed by atoms with Gasteiger partial charge in [-0.1, -0.05) is 48.5 Å². The predicted octanol–water partition coefficient (Wildman–Crippen LogP) is 3.21. The zero-order valence-electron chi connectivity index (χ0n) is 13.8. The molecule has 1 heterocycles. The number of piperidine rings is 1. The minimum absolute atomic E-state index is 0.255. The fourth-order valence-electron chi connectivity index (χ4n) is 3.50. The highest BCUT2D eigenvalue weighted by atomic mass is 32.2.